The van der Waals surface area contributed by atoms with Crippen LogP contribution in [0.2, 0.25) is 0 Å². The predicted octanol–water partition coefficient (Wildman–Crippen LogP) is 4.81. The van der Waals surface area contributed by atoms with Crippen molar-refractivity contribution in [2.75, 3.05) is 6.54 Å². The van der Waals surface area contributed by atoms with Crippen molar-refractivity contribution in [1.29, 1.82) is 0 Å². The maximum Gasteiger partial charge on any atom is 0.123 e. The van der Waals surface area contributed by atoms with Crippen LogP contribution in [0.4, 0.5) is 4.39 Å². The molecule has 2 aromatic rings. The first-order valence-electron chi connectivity index (χ1n) is 7.74. The summed E-state index contributed by atoms with van der Waals surface area (Å²) in [6.07, 6.45) is 3.06. The van der Waals surface area contributed by atoms with Crippen LogP contribution >= 0.6 is 0 Å². The third kappa shape index (κ3) is 4.68. The van der Waals surface area contributed by atoms with Crippen LogP contribution in [0.3, 0.4) is 0 Å². The van der Waals surface area contributed by atoms with E-state index in [1.54, 1.807) is 6.07 Å². The van der Waals surface area contributed by atoms with Gasteiger partial charge in [-0.2, -0.15) is 0 Å². The molecular formula is C19H24FN. The van der Waals surface area contributed by atoms with Gasteiger partial charge in [0.2, 0.25) is 0 Å². The summed E-state index contributed by atoms with van der Waals surface area (Å²) in [7, 11) is 0. The third-order valence-electron chi connectivity index (χ3n) is 3.82. The predicted molar refractivity (Wildman–Crippen MR) is 86.9 cm³/mol. The molecule has 1 unspecified atom stereocenters. The molecule has 2 rings (SSSR count). The van der Waals surface area contributed by atoms with E-state index in [4.69, 9.17) is 0 Å². The zero-order valence-corrected chi connectivity index (χ0v) is 12.9. The van der Waals surface area contributed by atoms with Crippen LogP contribution in [0.15, 0.2) is 48.5 Å². The second-order valence-corrected chi connectivity index (χ2v) is 5.53. The Bertz CT molecular complexity index is 551. The monoisotopic (exact) mass is 285 g/mol. The number of aryl methyl sites for hydroxylation is 2. The van der Waals surface area contributed by atoms with Gasteiger partial charge < -0.3 is 5.32 Å². The van der Waals surface area contributed by atoms with Crippen molar-refractivity contribution in [2.24, 2.45) is 0 Å². The van der Waals surface area contributed by atoms with Crippen LogP contribution < -0.4 is 5.32 Å². The van der Waals surface area contributed by atoms with Gasteiger partial charge in [-0.15, -0.1) is 0 Å². The minimum Gasteiger partial charge on any atom is -0.310 e. The Morgan fingerprint density at radius 1 is 1.10 bits per heavy atom. The molecule has 0 saturated heterocycles. The molecule has 0 aliphatic carbocycles. The van der Waals surface area contributed by atoms with Gasteiger partial charge in [0.05, 0.1) is 0 Å². The van der Waals surface area contributed by atoms with Crippen LogP contribution in [0, 0.1) is 12.7 Å². The lowest BCUT2D eigenvalue weighted by atomic mass is 9.95. The molecule has 0 radical (unpaired) electrons. The number of nitrogens with one attached hydrogen (secondary N) is 1. The van der Waals surface area contributed by atoms with E-state index in [9.17, 15) is 4.39 Å². The first-order valence-corrected chi connectivity index (χ1v) is 7.74. The SMILES string of the molecule is CCCNC(CCc1ccccc1)c1cc(F)ccc1C. The lowest BCUT2D eigenvalue weighted by Crippen LogP contribution is -2.23. The van der Waals surface area contributed by atoms with E-state index in [2.05, 4.69) is 43.4 Å². The topological polar surface area (TPSA) is 12.0 Å². The molecule has 0 aliphatic rings. The second kappa shape index (κ2) is 7.94. The average Bonchev–Trinajstić information content (AvgIpc) is 2.51. The van der Waals surface area contributed by atoms with Crippen LogP contribution in [-0.2, 0) is 6.42 Å². The highest BCUT2D eigenvalue weighted by Crippen LogP contribution is 2.23. The minimum absolute atomic E-state index is 0.154. The minimum atomic E-state index is -0.154. The van der Waals surface area contributed by atoms with Crippen LogP contribution in [-0.4, -0.2) is 6.54 Å². The molecule has 1 nitrogen and oxygen atoms in total. The fourth-order valence-electron chi connectivity index (χ4n) is 2.63. The van der Waals surface area contributed by atoms with Crippen molar-refractivity contribution >= 4 is 0 Å². The average molecular weight is 285 g/mol. The Kier molecular flexibility index (Phi) is 5.94. The lowest BCUT2D eigenvalue weighted by Gasteiger charge is -2.21. The number of hydrogen-bond acceptors (Lipinski definition) is 1. The van der Waals surface area contributed by atoms with Gasteiger partial charge in [-0.25, -0.2) is 4.39 Å². The van der Waals surface area contributed by atoms with E-state index in [-0.39, 0.29) is 11.9 Å². The molecule has 0 bridgehead atoms. The highest BCUT2D eigenvalue weighted by atomic mass is 19.1. The molecule has 0 aliphatic heterocycles. The Balaban J connectivity index is 2.12. The molecule has 0 aromatic heterocycles. The van der Waals surface area contributed by atoms with E-state index in [0.29, 0.717) is 0 Å². The van der Waals surface area contributed by atoms with Crippen molar-refractivity contribution < 1.29 is 4.39 Å². The number of benzene rings is 2. The van der Waals surface area contributed by atoms with E-state index in [0.717, 1.165) is 36.9 Å². The van der Waals surface area contributed by atoms with Crippen molar-refractivity contribution in [2.45, 2.75) is 39.2 Å². The Morgan fingerprint density at radius 3 is 2.57 bits per heavy atom. The molecular weight excluding hydrogens is 261 g/mol. The second-order valence-electron chi connectivity index (χ2n) is 5.53. The van der Waals surface area contributed by atoms with Crippen molar-refractivity contribution in [3.8, 4) is 0 Å². The highest BCUT2D eigenvalue weighted by Gasteiger charge is 2.14. The summed E-state index contributed by atoms with van der Waals surface area (Å²) in [5.74, 6) is -0.154. The third-order valence-corrected chi connectivity index (χ3v) is 3.82. The number of hydrogen-bond donors (Lipinski definition) is 1. The fourth-order valence-corrected chi connectivity index (χ4v) is 2.63. The molecule has 0 saturated carbocycles. The maximum absolute atomic E-state index is 13.6. The highest BCUT2D eigenvalue weighted by molar-refractivity contribution is 5.30. The molecule has 112 valence electrons. The van der Waals surface area contributed by atoms with Gasteiger partial charge in [0.15, 0.2) is 0 Å². The first kappa shape index (κ1) is 15.7. The Hall–Kier alpha value is -1.67. The molecule has 0 spiro atoms. The fraction of sp³-hybridized carbons (Fsp3) is 0.368. The quantitative estimate of drug-likeness (QED) is 0.770. The van der Waals surface area contributed by atoms with Gasteiger partial charge in [0, 0.05) is 6.04 Å². The molecule has 0 heterocycles. The zero-order chi connectivity index (χ0) is 15.1. The van der Waals surface area contributed by atoms with Gasteiger partial charge in [0.25, 0.3) is 0 Å². The normalized spacial score (nSPS) is 12.3. The zero-order valence-electron chi connectivity index (χ0n) is 12.9. The van der Waals surface area contributed by atoms with Gasteiger partial charge in [0.1, 0.15) is 5.82 Å². The van der Waals surface area contributed by atoms with E-state index < -0.39 is 0 Å². The van der Waals surface area contributed by atoms with E-state index >= 15 is 0 Å². The molecule has 1 N–H and O–H groups in total. The van der Waals surface area contributed by atoms with E-state index in [1.807, 2.05) is 12.1 Å². The van der Waals surface area contributed by atoms with Gasteiger partial charge in [-0.3, -0.25) is 0 Å². The Labute approximate surface area is 127 Å². The van der Waals surface area contributed by atoms with Crippen LogP contribution in [0.1, 0.15) is 42.5 Å². The van der Waals surface area contributed by atoms with Crippen molar-refractivity contribution in [1.82, 2.24) is 5.32 Å². The molecule has 0 fully saturated rings. The van der Waals surface area contributed by atoms with Crippen molar-refractivity contribution in [3.05, 3.63) is 71.0 Å². The smallest absolute Gasteiger partial charge is 0.123 e. The molecule has 2 aromatic carbocycles. The summed E-state index contributed by atoms with van der Waals surface area (Å²) in [6, 6.07) is 15.8. The summed E-state index contributed by atoms with van der Waals surface area (Å²) in [5, 5.41) is 3.56. The molecule has 1 atom stereocenters. The van der Waals surface area contributed by atoms with Gasteiger partial charge in [-0.1, -0.05) is 43.3 Å². The van der Waals surface area contributed by atoms with Gasteiger partial charge >= 0.3 is 0 Å². The maximum atomic E-state index is 13.6. The summed E-state index contributed by atoms with van der Waals surface area (Å²) in [5.41, 5.74) is 3.56. The summed E-state index contributed by atoms with van der Waals surface area (Å²) >= 11 is 0. The van der Waals surface area contributed by atoms with Gasteiger partial charge in [-0.05, 0) is 61.6 Å². The summed E-state index contributed by atoms with van der Waals surface area (Å²) < 4.78 is 13.6. The molecule has 21 heavy (non-hydrogen) atoms. The van der Waals surface area contributed by atoms with Crippen LogP contribution in [0.5, 0.6) is 0 Å². The van der Waals surface area contributed by atoms with E-state index in [1.165, 1.54) is 11.6 Å². The molecule has 0 amide bonds. The largest absolute Gasteiger partial charge is 0.310 e. The lowest BCUT2D eigenvalue weighted by molar-refractivity contribution is 0.493. The Morgan fingerprint density at radius 2 is 1.86 bits per heavy atom. The number of rotatable bonds is 7. The summed E-state index contributed by atoms with van der Waals surface area (Å²) in [4.78, 5) is 0. The first-order chi connectivity index (χ1) is 10.2. The number of halogens is 1. The summed E-state index contributed by atoms with van der Waals surface area (Å²) in [6.45, 7) is 5.16. The van der Waals surface area contributed by atoms with Crippen molar-refractivity contribution in [3.63, 3.8) is 0 Å². The van der Waals surface area contributed by atoms with Crippen LogP contribution in [0.25, 0.3) is 0 Å². The standard InChI is InChI=1S/C19H24FN/c1-3-13-21-19(12-10-16-7-5-4-6-8-16)18-14-17(20)11-9-15(18)2/h4-9,11,14,19,21H,3,10,12-13H2,1-2H3. The molecule has 2 heteroatoms.